The minimum atomic E-state index is -1.42. The number of pyridine rings is 1. The summed E-state index contributed by atoms with van der Waals surface area (Å²) in [7, 11) is 0. The number of nitrogens with zero attached hydrogens (tertiary/aromatic N) is 1. The summed E-state index contributed by atoms with van der Waals surface area (Å²) in [6, 6.07) is 3.61. The van der Waals surface area contributed by atoms with E-state index in [1.54, 1.807) is 0 Å². The average molecular weight is 323 g/mol. The highest BCUT2D eigenvalue weighted by molar-refractivity contribution is 5.86. The zero-order valence-corrected chi connectivity index (χ0v) is 11.9. The van der Waals surface area contributed by atoms with E-state index in [-0.39, 0.29) is 5.75 Å². The Hall–Kier alpha value is -2.57. The summed E-state index contributed by atoms with van der Waals surface area (Å²) in [6.07, 6.45) is 2.06. The predicted molar refractivity (Wildman–Crippen MR) is 74.7 cm³/mol. The van der Waals surface area contributed by atoms with Crippen molar-refractivity contribution in [1.29, 1.82) is 0 Å². The Morgan fingerprint density at radius 3 is 2.39 bits per heavy atom. The third kappa shape index (κ3) is 3.28. The lowest BCUT2D eigenvalue weighted by Gasteiger charge is -2.10. The Kier molecular flexibility index (Phi) is 3.94. The average Bonchev–Trinajstić information content (AvgIpc) is 3.30. The van der Waals surface area contributed by atoms with Gasteiger partial charge in [-0.2, -0.15) is 0 Å². The molecule has 0 atom stereocenters. The molecule has 0 spiro atoms. The van der Waals surface area contributed by atoms with Gasteiger partial charge in [0, 0.05) is 12.1 Å². The topological polar surface area (TPSA) is 59.4 Å². The summed E-state index contributed by atoms with van der Waals surface area (Å²) in [5, 5.41) is 8.87. The van der Waals surface area contributed by atoms with E-state index >= 15 is 0 Å². The van der Waals surface area contributed by atoms with Crippen LogP contribution in [0.1, 0.15) is 23.3 Å². The molecule has 1 saturated carbocycles. The lowest BCUT2D eigenvalue weighted by atomic mass is 10.1. The van der Waals surface area contributed by atoms with Gasteiger partial charge in [0.15, 0.2) is 0 Å². The maximum absolute atomic E-state index is 14.2. The molecule has 0 amide bonds. The van der Waals surface area contributed by atoms with E-state index in [0.717, 1.165) is 37.1 Å². The number of hydrogen-bond acceptors (Lipinski definition) is 3. The molecule has 1 aliphatic rings. The molecule has 1 heterocycles. The van der Waals surface area contributed by atoms with Gasteiger partial charge in [0.25, 0.3) is 0 Å². The van der Waals surface area contributed by atoms with Crippen LogP contribution in [0.3, 0.4) is 0 Å². The number of ether oxygens (including phenoxy) is 1. The highest BCUT2D eigenvalue weighted by atomic mass is 19.1. The van der Waals surface area contributed by atoms with Gasteiger partial charge < -0.3 is 9.84 Å². The molecular weight excluding hydrogens is 311 g/mol. The Bertz CT molecular complexity index is 752. The highest BCUT2D eigenvalue weighted by Crippen LogP contribution is 2.33. The van der Waals surface area contributed by atoms with Gasteiger partial charge in [-0.25, -0.2) is 22.9 Å². The minimum absolute atomic E-state index is 0.00504. The van der Waals surface area contributed by atoms with Crippen LogP contribution in [-0.4, -0.2) is 22.7 Å². The molecule has 1 aliphatic carbocycles. The van der Waals surface area contributed by atoms with Crippen molar-refractivity contribution in [3.63, 3.8) is 0 Å². The SMILES string of the molecule is O=C(O)c1ccc(F)c(-c2c(F)cc(OCC3CC3)cc2F)n1. The molecule has 4 nitrogen and oxygen atoms in total. The summed E-state index contributed by atoms with van der Waals surface area (Å²) in [5.74, 6) is -4.15. The highest BCUT2D eigenvalue weighted by Gasteiger charge is 2.24. The van der Waals surface area contributed by atoms with E-state index in [1.807, 2.05) is 0 Å². The molecule has 2 aromatic rings. The monoisotopic (exact) mass is 323 g/mol. The van der Waals surface area contributed by atoms with Gasteiger partial charge in [-0.1, -0.05) is 0 Å². The van der Waals surface area contributed by atoms with Crippen molar-refractivity contribution >= 4 is 5.97 Å². The first-order chi connectivity index (χ1) is 11.0. The molecule has 23 heavy (non-hydrogen) atoms. The predicted octanol–water partition coefficient (Wildman–Crippen LogP) is 3.65. The van der Waals surface area contributed by atoms with Crippen LogP contribution in [0.5, 0.6) is 5.75 Å². The van der Waals surface area contributed by atoms with Gasteiger partial charge in [0.05, 0.1) is 12.2 Å². The fraction of sp³-hybridized carbons (Fsp3) is 0.250. The third-order valence-electron chi connectivity index (χ3n) is 3.50. The molecule has 3 rings (SSSR count). The molecule has 120 valence electrons. The molecule has 1 N–H and O–H groups in total. The lowest BCUT2D eigenvalue weighted by molar-refractivity contribution is 0.0690. The van der Waals surface area contributed by atoms with Crippen molar-refractivity contribution in [1.82, 2.24) is 4.98 Å². The van der Waals surface area contributed by atoms with Gasteiger partial charge in [0.1, 0.15) is 34.6 Å². The fourth-order valence-electron chi connectivity index (χ4n) is 2.09. The van der Waals surface area contributed by atoms with E-state index in [1.165, 1.54) is 0 Å². The second-order valence-electron chi connectivity index (χ2n) is 5.35. The van der Waals surface area contributed by atoms with E-state index in [2.05, 4.69) is 4.98 Å². The zero-order chi connectivity index (χ0) is 16.6. The van der Waals surface area contributed by atoms with Crippen molar-refractivity contribution < 1.29 is 27.8 Å². The van der Waals surface area contributed by atoms with Gasteiger partial charge >= 0.3 is 5.97 Å². The van der Waals surface area contributed by atoms with Crippen LogP contribution in [0.15, 0.2) is 24.3 Å². The number of benzene rings is 1. The molecular formula is C16H12F3NO3. The van der Waals surface area contributed by atoms with Gasteiger partial charge in [-0.15, -0.1) is 0 Å². The second kappa shape index (κ2) is 5.91. The van der Waals surface area contributed by atoms with Crippen molar-refractivity contribution in [3.05, 3.63) is 47.4 Å². The Balaban J connectivity index is 1.98. The zero-order valence-electron chi connectivity index (χ0n) is 11.9. The molecule has 1 aromatic heterocycles. The van der Waals surface area contributed by atoms with Crippen LogP contribution in [0, 0.1) is 23.4 Å². The Labute approximate surface area is 129 Å². The van der Waals surface area contributed by atoms with Crippen molar-refractivity contribution in [3.8, 4) is 17.0 Å². The quantitative estimate of drug-likeness (QED) is 0.912. The molecule has 0 saturated heterocycles. The number of rotatable bonds is 5. The molecule has 1 fully saturated rings. The molecule has 0 bridgehead atoms. The van der Waals surface area contributed by atoms with Crippen LogP contribution in [0.25, 0.3) is 11.3 Å². The molecule has 0 radical (unpaired) electrons. The Morgan fingerprint density at radius 2 is 1.83 bits per heavy atom. The standard InChI is InChI=1S/C16H12F3NO3/c17-10-3-4-13(16(21)22)20-15(10)14-11(18)5-9(6-12(14)19)23-7-8-1-2-8/h3-6,8H,1-2,7H2,(H,21,22). The summed E-state index contributed by atoms with van der Waals surface area (Å²) >= 11 is 0. The maximum atomic E-state index is 14.2. The van der Waals surface area contributed by atoms with Gasteiger partial charge in [-0.05, 0) is 30.9 Å². The number of aromatic nitrogens is 1. The summed E-state index contributed by atoms with van der Waals surface area (Å²) in [4.78, 5) is 14.4. The van der Waals surface area contributed by atoms with Crippen molar-refractivity contribution in [2.24, 2.45) is 5.92 Å². The summed E-state index contributed by atoms with van der Waals surface area (Å²) < 4.78 is 47.5. The third-order valence-corrected chi connectivity index (χ3v) is 3.50. The van der Waals surface area contributed by atoms with Crippen LogP contribution >= 0.6 is 0 Å². The Morgan fingerprint density at radius 1 is 1.17 bits per heavy atom. The largest absolute Gasteiger partial charge is 0.493 e. The fourth-order valence-corrected chi connectivity index (χ4v) is 2.09. The van der Waals surface area contributed by atoms with Crippen molar-refractivity contribution in [2.75, 3.05) is 6.61 Å². The number of halogens is 3. The molecule has 0 unspecified atom stereocenters. The van der Waals surface area contributed by atoms with E-state index in [0.29, 0.717) is 12.5 Å². The number of hydrogen-bond donors (Lipinski definition) is 1. The first kappa shape index (κ1) is 15.3. The van der Waals surface area contributed by atoms with Crippen molar-refractivity contribution in [2.45, 2.75) is 12.8 Å². The number of aromatic carboxylic acids is 1. The first-order valence-electron chi connectivity index (χ1n) is 6.97. The molecule has 1 aromatic carbocycles. The summed E-state index contributed by atoms with van der Waals surface area (Å²) in [5.41, 5.74) is -1.91. The van der Waals surface area contributed by atoms with E-state index in [9.17, 15) is 18.0 Å². The van der Waals surface area contributed by atoms with Gasteiger partial charge in [-0.3, -0.25) is 0 Å². The minimum Gasteiger partial charge on any atom is -0.493 e. The number of carboxylic acid groups (broad SMARTS) is 1. The number of carbonyl (C=O) groups is 1. The smallest absolute Gasteiger partial charge is 0.354 e. The lowest BCUT2D eigenvalue weighted by Crippen LogP contribution is -2.05. The maximum Gasteiger partial charge on any atom is 0.354 e. The number of carboxylic acids is 1. The van der Waals surface area contributed by atoms with Crippen LogP contribution in [-0.2, 0) is 0 Å². The van der Waals surface area contributed by atoms with Crippen LogP contribution in [0.2, 0.25) is 0 Å². The van der Waals surface area contributed by atoms with E-state index < -0.39 is 40.4 Å². The van der Waals surface area contributed by atoms with Crippen LogP contribution < -0.4 is 4.74 Å². The first-order valence-corrected chi connectivity index (χ1v) is 6.97. The second-order valence-corrected chi connectivity index (χ2v) is 5.35. The van der Waals surface area contributed by atoms with Crippen LogP contribution in [0.4, 0.5) is 13.2 Å². The molecule has 7 heteroatoms. The molecule has 0 aliphatic heterocycles. The summed E-state index contributed by atoms with van der Waals surface area (Å²) in [6.45, 7) is 0.374. The van der Waals surface area contributed by atoms with E-state index in [4.69, 9.17) is 9.84 Å². The normalized spacial score (nSPS) is 13.9. The van der Waals surface area contributed by atoms with Gasteiger partial charge in [0.2, 0.25) is 0 Å².